The molecule has 3 rings (SSSR count). The monoisotopic (exact) mass is 245 g/mol. The van der Waals surface area contributed by atoms with Crippen molar-refractivity contribution in [2.45, 2.75) is 63.1 Å². The standard InChI is InChI=1S/C16H23NO/c1-16(2)8-7-15(17-11-9-12(18)10-11)13-5-3-4-6-14(13)16/h3-6,11-12,15,17-18H,7-10H2,1-2H3. The summed E-state index contributed by atoms with van der Waals surface area (Å²) in [5, 5.41) is 13.1. The van der Waals surface area contributed by atoms with Gasteiger partial charge in [-0.3, -0.25) is 0 Å². The average Bonchev–Trinajstić information content (AvgIpc) is 2.31. The summed E-state index contributed by atoms with van der Waals surface area (Å²) in [5.41, 5.74) is 3.26. The molecule has 18 heavy (non-hydrogen) atoms. The Kier molecular flexibility index (Phi) is 2.95. The van der Waals surface area contributed by atoms with Crippen LogP contribution in [0.1, 0.15) is 56.7 Å². The Hall–Kier alpha value is -0.860. The number of fused-ring (bicyclic) bond motifs is 1. The third kappa shape index (κ3) is 2.08. The maximum Gasteiger partial charge on any atom is 0.0570 e. The van der Waals surface area contributed by atoms with Crippen LogP contribution >= 0.6 is 0 Å². The molecule has 0 bridgehead atoms. The summed E-state index contributed by atoms with van der Waals surface area (Å²) in [5.74, 6) is 0. The van der Waals surface area contributed by atoms with E-state index in [0.29, 0.717) is 17.5 Å². The van der Waals surface area contributed by atoms with Crippen LogP contribution in [0.2, 0.25) is 0 Å². The highest BCUT2D eigenvalue weighted by Gasteiger charge is 2.35. The zero-order chi connectivity index (χ0) is 12.8. The number of rotatable bonds is 2. The van der Waals surface area contributed by atoms with Gasteiger partial charge in [-0.05, 0) is 42.2 Å². The van der Waals surface area contributed by atoms with Gasteiger partial charge in [-0.25, -0.2) is 0 Å². The lowest BCUT2D eigenvalue weighted by Crippen LogP contribution is -2.47. The first kappa shape index (κ1) is 12.2. The Morgan fingerprint density at radius 3 is 2.67 bits per heavy atom. The molecule has 0 spiro atoms. The Morgan fingerprint density at radius 2 is 1.94 bits per heavy atom. The second-order valence-electron chi connectivity index (χ2n) is 6.55. The molecule has 2 aliphatic rings. The van der Waals surface area contributed by atoms with Crippen molar-refractivity contribution in [2.75, 3.05) is 0 Å². The van der Waals surface area contributed by atoms with Gasteiger partial charge in [0.2, 0.25) is 0 Å². The van der Waals surface area contributed by atoms with Crippen molar-refractivity contribution in [1.82, 2.24) is 5.32 Å². The van der Waals surface area contributed by atoms with Crippen molar-refractivity contribution in [2.24, 2.45) is 0 Å². The van der Waals surface area contributed by atoms with Gasteiger partial charge in [0.25, 0.3) is 0 Å². The molecule has 98 valence electrons. The van der Waals surface area contributed by atoms with Crippen molar-refractivity contribution >= 4 is 0 Å². The lowest BCUT2D eigenvalue weighted by molar-refractivity contribution is 0.0558. The van der Waals surface area contributed by atoms with Gasteiger partial charge < -0.3 is 10.4 Å². The van der Waals surface area contributed by atoms with E-state index in [-0.39, 0.29) is 6.10 Å². The smallest absolute Gasteiger partial charge is 0.0570 e. The van der Waals surface area contributed by atoms with E-state index >= 15 is 0 Å². The predicted octanol–water partition coefficient (Wildman–Crippen LogP) is 2.91. The van der Waals surface area contributed by atoms with Crippen LogP contribution in [-0.2, 0) is 5.41 Å². The molecular weight excluding hydrogens is 222 g/mol. The molecule has 2 nitrogen and oxygen atoms in total. The minimum atomic E-state index is -0.0715. The maximum atomic E-state index is 9.39. The SMILES string of the molecule is CC1(C)CCC(NC2CC(O)C2)c2ccccc21. The fourth-order valence-corrected chi connectivity index (χ4v) is 3.39. The van der Waals surface area contributed by atoms with Crippen LogP contribution in [0.5, 0.6) is 0 Å². The van der Waals surface area contributed by atoms with Crippen molar-refractivity contribution in [3.63, 3.8) is 0 Å². The molecule has 0 amide bonds. The van der Waals surface area contributed by atoms with E-state index in [4.69, 9.17) is 0 Å². The highest BCUT2D eigenvalue weighted by Crippen LogP contribution is 2.42. The predicted molar refractivity (Wildman–Crippen MR) is 73.6 cm³/mol. The quantitative estimate of drug-likeness (QED) is 0.839. The van der Waals surface area contributed by atoms with Gasteiger partial charge in [0, 0.05) is 12.1 Å². The molecule has 2 N–H and O–H groups in total. The van der Waals surface area contributed by atoms with Gasteiger partial charge in [-0.2, -0.15) is 0 Å². The first-order valence-electron chi connectivity index (χ1n) is 7.10. The molecule has 1 fully saturated rings. The Balaban J connectivity index is 1.81. The molecule has 1 aromatic rings. The van der Waals surface area contributed by atoms with Gasteiger partial charge in [-0.15, -0.1) is 0 Å². The Labute approximate surface area is 109 Å². The van der Waals surface area contributed by atoms with Crippen molar-refractivity contribution in [1.29, 1.82) is 0 Å². The number of benzene rings is 1. The second kappa shape index (κ2) is 4.36. The third-order valence-corrected chi connectivity index (χ3v) is 4.67. The molecule has 0 aliphatic heterocycles. The van der Waals surface area contributed by atoms with E-state index in [9.17, 15) is 5.11 Å². The minimum absolute atomic E-state index is 0.0715. The van der Waals surface area contributed by atoms with Gasteiger partial charge >= 0.3 is 0 Å². The van der Waals surface area contributed by atoms with Gasteiger partial charge in [0.1, 0.15) is 0 Å². The van der Waals surface area contributed by atoms with E-state index < -0.39 is 0 Å². The second-order valence-corrected chi connectivity index (χ2v) is 6.55. The first-order chi connectivity index (χ1) is 8.56. The number of hydrogen-bond acceptors (Lipinski definition) is 2. The molecule has 1 atom stereocenters. The highest BCUT2D eigenvalue weighted by atomic mass is 16.3. The molecular formula is C16H23NO. The normalized spacial score (nSPS) is 33.6. The molecule has 1 aromatic carbocycles. The third-order valence-electron chi connectivity index (χ3n) is 4.67. The van der Waals surface area contributed by atoms with E-state index in [0.717, 1.165) is 12.8 Å². The van der Waals surface area contributed by atoms with Crippen LogP contribution < -0.4 is 5.32 Å². The number of hydrogen-bond donors (Lipinski definition) is 2. The van der Waals surface area contributed by atoms with Crippen LogP contribution in [0.25, 0.3) is 0 Å². The van der Waals surface area contributed by atoms with E-state index in [1.54, 1.807) is 0 Å². The molecule has 2 heteroatoms. The number of aliphatic hydroxyl groups is 1. The summed E-state index contributed by atoms with van der Waals surface area (Å²) in [4.78, 5) is 0. The van der Waals surface area contributed by atoms with Gasteiger partial charge in [-0.1, -0.05) is 38.1 Å². The van der Waals surface area contributed by atoms with Crippen molar-refractivity contribution < 1.29 is 5.11 Å². The number of aliphatic hydroxyl groups excluding tert-OH is 1. The van der Waals surface area contributed by atoms with E-state index in [2.05, 4.69) is 43.4 Å². The fraction of sp³-hybridized carbons (Fsp3) is 0.625. The summed E-state index contributed by atoms with van der Waals surface area (Å²) in [6.07, 6.45) is 4.20. The average molecular weight is 245 g/mol. The zero-order valence-electron chi connectivity index (χ0n) is 11.3. The topological polar surface area (TPSA) is 32.3 Å². The van der Waals surface area contributed by atoms with Gasteiger partial charge in [0.05, 0.1) is 6.10 Å². The first-order valence-corrected chi connectivity index (χ1v) is 7.10. The molecule has 0 saturated heterocycles. The summed E-state index contributed by atoms with van der Waals surface area (Å²) >= 11 is 0. The highest BCUT2D eigenvalue weighted by molar-refractivity contribution is 5.38. The molecule has 1 unspecified atom stereocenters. The van der Waals surface area contributed by atoms with Crippen LogP contribution in [0, 0.1) is 0 Å². The Morgan fingerprint density at radius 1 is 1.22 bits per heavy atom. The minimum Gasteiger partial charge on any atom is -0.393 e. The Bertz CT molecular complexity index is 434. The molecule has 0 aromatic heterocycles. The van der Waals surface area contributed by atoms with E-state index in [1.165, 1.54) is 24.0 Å². The summed E-state index contributed by atoms with van der Waals surface area (Å²) in [7, 11) is 0. The fourth-order valence-electron chi connectivity index (χ4n) is 3.39. The zero-order valence-corrected chi connectivity index (χ0v) is 11.3. The lowest BCUT2D eigenvalue weighted by atomic mass is 9.70. The van der Waals surface area contributed by atoms with Crippen LogP contribution in [0.3, 0.4) is 0 Å². The summed E-state index contributed by atoms with van der Waals surface area (Å²) < 4.78 is 0. The van der Waals surface area contributed by atoms with Crippen LogP contribution in [0.15, 0.2) is 24.3 Å². The molecule has 0 heterocycles. The van der Waals surface area contributed by atoms with Crippen LogP contribution in [0.4, 0.5) is 0 Å². The summed E-state index contributed by atoms with van der Waals surface area (Å²) in [6.45, 7) is 4.68. The summed E-state index contributed by atoms with van der Waals surface area (Å²) in [6, 6.07) is 9.83. The van der Waals surface area contributed by atoms with E-state index in [1.807, 2.05) is 0 Å². The van der Waals surface area contributed by atoms with Crippen LogP contribution in [-0.4, -0.2) is 17.3 Å². The lowest BCUT2D eigenvalue weighted by Gasteiger charge is -2.41. The molecule has 1 saturated carbocycles. The van der Waals surface area contributed by atoms with Crippen molar-refractivity contribution in [3.05, 3.63) is 35.4 Å². The maximum absolute atomic E-state index is 9.39. The largest absolute Gasteiger partial charge is 0.393 e. The molecule has 2 aliphatic carbocycles. The number of nitrogens with one attached hydrogen (secondary N) is 1. The van der Waals surface area contributed by atoms with Gasteiger partial charge in [0.15, 0.2) is 0 Å². The molecule has 0 radical (unpaired) electrons. The van der Waals surface area contributed by atoms with Crippen molar-refractivity contribution in [3.8, 4) is 0 Å².